The number of amides is 2. The van der Waals surface area contributed by atoms with Crippen LogP contribution in [0.5, 0.6) is 0 Å². The number of aromatic nitrogens is 4. The third-order valence-electron chi connectivity index (χ3n) is 4.40. The van der Waals surface area contributed by atoms with Crippen LogP contribution in [0.25, 0.3) is 5.78 Å². The number of rotatable bonds is 5. The Hall–Kier alpha value is -2.68. The van der Waals surface area contributed by atoms with E-state index in [0.29, 0.717) is 22.2 Å². The molecule has 14 heteroatoms. The van der Waals surface area contributed by atoms with Gasteiger partial charge in [-0.2, -0.15) is 9.50 Å². The second-order valence-corrected chi connectivity index (χ2v) is 8.37. The van der Waals surface area contributed by atoms with Crippen LogP contribution in [0.1, 0.15) is 16.3 Å². The minimum absolute atomic E-state index is 0.0543. The molecule has 29 heavy (non-hydrogen) atoms. The maximum atomic E-state index is 12.0. The summed E-state index contributed by atoms with van der Waals surface area (Å²) in [4.78, 5) is 45.0. The number of aryl methyl sites for hydroxylation is 1. The van der Waals surface area contributed by atoms with Gasteiger partial charge in [-0.3, -0.25) is 19.7 Å². The molecule has 0 unspecified atom stereocenters. The van der Waals surface area contributed by atoms with Crippen molar-refractivity contribution < 1.29 is 24.7 Å². The van der Waals surface area contributed by atoms with Gasteiger partial charge in [0.2, 0.25) is 5.91 Å². The number of nitrogens with one attached hydrogen (secondary N) is 1. The Kier molecular flexibility index (Phi) is 4.94. The molecule has 2 aromatic heterocycles. The lowest BCUT2D eigenvalue weighted by atomic mass is 10.0. The highest BCUT2D eigenvalue weighted by Crippen LogP contribution is 2.40. The average Bonchev–Trinajstić information content (AvgIpc) is 3.09. The van der Waals surface area contributed by atoms with Crippen LogP contribution in [0.15, 0.2) is 22.4 Å². The molecule has 2 aliphatic heterocycles. The lowest BCUT2D eigenvalue weighted by Crippen LogP contribution is -2.68. The summed E-state index contributed by atoms with van der Waals surface area (Å²) >= 11 is 2.63. The zero-order valence-corrected chi connectivity index (χ0v) is 16.5. The number of carboxylic acids is 1. The maximum absolute atomic E-state index is 12.0. The lowest BCUT2D eigenvalue weighted by molar-refractivity contribution is -0.147. The van der Waals surface area contributed by atoms with Gasteiger partial charge in [-0.1, -0.05) is 0 Å². The van der Waals surface area contributed by atoms with Crippen molar-refractivity contribution in [1.29, 1.82) is 0 Å². The molecular weight excluding hydrogens is 422 g/mol. The SMILES string of the molecule is Cc1nc2nc(C(=O)NO)cc(SCC3=C(C(=O)O)N4C(=O)[C@@H](N)[C@H]4SC3)n2n1. The molecule has 2 amide bonds. The molecule has 12 nitrogen and oxygen atoms in total. The Bertz CT molecular complexity index is 1080. The molecule has 0 radical (unpaired) electrons. The summed E-state index contributed by atoms with van der Waals surface area (Å²) in [6, 6.07) is 0.725. The summed E-state index contributed by atoms with van der Waals surface area (Å²) in [6.07, 6.45) is 0. The van der Waals surface area contributed by atoms with Gasteiger partial charge in [0.15, 0.2) is 0 Å². The van der Waals surface area contributed by atoms with Gasteiger partial charge < -0.3 is 10.8 Å². The Morgan fingerprint density at radius 1 is 1.45 bits per heavy atom. The van der Waals surface area contributed by atoms with Gasteiger partial charge in [-0.15, -0.1) is 28.6 Å². The molecule has 0 spiro atoms. The Balaban J connectivity index is 1.67. The van der Waals surface area contributed by atoms with Gasteiger partial charge in [-0.25, -0.2) is 15.3 Å². The third kappa shape index (κ3) is 3.23. The van der Waals surface area contributed by atoms with E-state index in [1.807, 2.05) is 0 Å². The number of hydrogen-bond donors (Lipinski definition) is 4. The highest BCUT2D eigenvalue weighted by Gasteiger charge is 2.51. The average molecular weight is 437 g/mol. The van der Waals surface area contributed by atoms with Gasteiger partial charge in [0.25, 0.3) is 11.7 Å². The van der Waals surface area contributed by atoms with Crippen LogP contribution in [-0.2, 0) is 9.59 Å². The molecule has 4 heterocycles. The molecule has 4 rings (SSSR count). The predicted molar refractivity (Wildman–Crippen MR) is 101 cm³/mol. The summed E-state index contributed by atoms with van der Waals surface area (Å²) in [7, 11) is 0. The Morgan fingerprint density at radius 2 is 2.21 bits per heavy atom. The van der Waals surface area contributed by atoms with E-state index in [-0.39, 0.29) is 28.3 Å². The minimum Gasteiger partial charge on any atom is -0.477 e. The van der Waals surface area contributed by atoms with Gasteiger partial charge in [0.1, 0.15) is 33.7 Å². The summed E-state index contributed by atoms with van der Waals surface area (Å²) in [5.41, 5.74) is 7.71. The van der Waals surface area contributed by atoms with E-state index in [4.69, 9.17) is 10.9 Å². The molecule has 5 N–H and O–H groups in total. The number of nitrogens with zero attached hydrogens (tertiary/aromatic N) is 5. The number of carbonyl (C=O) groups excluding carboxylic acids is 2. The first-order chi connectivity index (χ1) is 13.8. The van der Waals surface area contributed by atoms with Crippen molar-refractivity contribution in [3.05, 3.63) is 28.9 Å². The summed E-state index contributed by atoms with van der Waals surface area (Å²) < 4.78 is 1.43. The van der Waals surface area contributed by atoms with Crippen molar-refractivity contribution >= 4 is 47.1 Å². The van der Waals surface area contributed by atoms with E-state index in [1.165, 1.54) is 44.5 Å². The van der Waals surface area contributed by atoms with Crippen LogP contribution in [0.2, 0.25) is 0 Å². The van der Waals surface area contributed by atoms with Crippen molar-refractivity contribution in [1.82, 2.24) is 30.0 Å². The standard InChI is InChI=1S/C15H15N7O5S2/c1-5-17-15-18-7(11(23)20-27)2-8(22(15)19-5)28-3-6-4-29-13-9(16)12(24)21(13)10(6)14(25)26/h2,9,13,27H,3-4,16H2,1H3,(H,20,23)(H,25,26)/t9-,13-/m1/s1. The molecule has 0 bridgehead atoms. The molecule has 0 aromatic carbocycles. The van der Waals surface area contributed by atoms with Crippen LogP contribution in [0.4, 0.5) is 0 Å². The molecule has 152 valence electrons. The third-order valence-corrected chi connectivity index (χ3v) is 6.84. The van der Waals surface area contributed by atoms with Gasteiger partial charge in [0.05, 0.1) is 0 Å². The summed E-state index contributed by atoms with van der Waals surface area (Å²) in [5.74, 6) is -1.17. The second kappa shape index (κ2) is 7.29. The maximum Gasteiger partial charge on any atom is 0.352 e. The fourth-order valence-corrected chi connectivity index (χ4v) is 5.49. The largest absolute Gasteiger partial charge is 0.477 e. The highest BCUT2D eigenvalue weighted by atomic mass is 32.2. The monoisotopic (exact) mass is 437 g/mol. The summed E-state index contributed by atoms with van der Waals surface area (Å²) in [5, 5.41) is 22.8. The van der Waals surface area contributed by atoms with Crippen LogP contribution >= 0.6 is 23.5 Å². The minimum atomic E-state index is -1.19. The van der Waals surface area contributed by atoms with E-state index < -0.39 is 23.8 Å². The highest BCUT2D eigenvalue weighted by molar-refractivity contribution is 8.01. The zero-order chi connectivity index (χ0) is 20.9. The number of nitrogens with two attached hydrogens (primary N) is 1. The molecule has 1 fully saturated rings. The lowest BCUT2D eigenvalue weighted by Gasteiger charge is -2.48. The second-order valence-electron chi connectivity index (χ2n) is 6.27. The molecule has 2 aromatic rings. The first-order valence-corrected chi connectivity index (χ1v) is 10.3. The van der Waals surface area contributed by atoms with E-state index in [0.717, 1.165) is 0 Å². The van der Waals surface area contributed by atoms with Crippen molar-refractivity contribution in [3.8, 4) is 0 Å². The number of carboxylic acid groups (broad SMARTS) is 1. The Labute approximate surface area is 171 Å². The molecule has 0 aliphatic carbocycles. The number of aliphatic carboxylic acids is 1. The van der Waals surface area contributed by atoms with Crippen LogP contribution < -0.4 is 11.2 Å². The van der Waals surface area contributed by atoms with Crippen molar-refractivity contribution in [3.63, 3.8) is 0 Å². The predicted octanol–water partition coefficient (Wildman–Crippen LogP) is -0.775. The van der Waals surface area contributed by atoms with Gasteiger partial charge >= 0.3 is 5.97 Å². The van der Waals surface area contributed by atoms with Crippen molar-refractivity contribution in [2.75, 3.05) is 11.5 Å². The first-order valence-electron chi connectivity index (χ1n) is 8.29. The van der Waals surface area contributed by atoms with Crippen LogP contribution in [0, 0.1) is 6.92 Å². The van der Waals surface area contributed by atoms with E-state index in [9.17, 15) is 19.5 Å². The molecule has 1 saturated heterocycles. The fraction of sp³-hybridized carbons (Fsp3) is 0.333. The van der Waals surface area contributed by atoms with Crippen molar-refractivity contribution in [2.24, 2.45) is 5.73 Å². The van der Waals surface area contributed by atoms with E-state index in [1.54, 1.807) is 6.92 Å². The topological polar surface area (TPSA) is 176 Å². The molecule has 2 aliphatic rings. The summed E-state index contributed by atoms with van der Waals surface area (Å²) in [6.45, 7) is 1.66. The smallest absolute Gasteiger partial charge is 0.352 e. The Morgan fingerprint density at radius 3 is 2.90 bits per heavy atom. The fourth-order valence-electron chi connectivity index (χ4n) is 3.07. The van der Waals surface area contributed by atoms with Gasteiger partial charge in [-0.05, 0) is 12.5 Å². The number of hydrogen-bond acceptors (Lipinski definition) is 10. The molecule has 0 saturated carbocycles. The molecule has 2 atom stereocenters. The number of thioether (sulfide) groups is 2. The first kappa shape index (κ1) is 19.6. The number of carbonyl (C=O) groups is 3. The number of hydroxylamine groups is 1. The van der Waals surface area contributed by atoms with Crippen LogP contribution in [-0.4, -0.2) is 75.5 Å². The van der Waals surface area contributed by atoms with Crippen LogP contribution in [0.3, 0.4) is 0 Å². The number of fused-ring (bicyclic) bond motifs is 2. The van der Waals surface area contributed by atoms with Crippen molar-refractivity contribution in [2.45, 2.75) is 23.4 Å². The van der Waals surface area contributed by atoms with Gasteiger partial charge in [0, 0.05) is 17.6 Å². The normalized spacial score (nSPS) is 21.2. The van der Waals surface area contributed by atoms with E-state index in [2.05, 4.69) is 15.1 Å². The molecular formula is C15H15N7O5S2. The quantitative estimate of drug-likeness (QED) is 0.152. The van der Waals surface area contributed by atoms with E-state index >= 15 is 0 Å². The number of β-lactam (4-membered cyclic amide) rings is 1. The zero-order valence-electron chi connectivity index (χ0n) is 14.9.